The number of rotatable bonds is 6. The summed E-state index contributed by atoms with van der Waals surface area (Å²) in [5, 5.41) is 3.48. The van der Waals surface area contributed by atoms with Gasteiger partial charge in [0.2, 0.25) is 0 Å². The van der Waals surface area contributed by atoms with Crippen LogP contribution in [0.1, 0.15) is 25.5 Å². The summed E-state index contributed by atoms with van der Waals surface area (Å²) in [6.45, 7) is 7.69. The Morgan fingerprint density at radius 3 is 2.95 bits per heavy atom. The maximum Gasteiger partial charge on any atom is 0.124 e. The summed E-state index contributed by atoms with van der Waals surface area (Å²) in [4.78, 5) is 0. The van der Waals surface area contributed by atoms with Crippen molar-refractivity contribution in [1.82, 2.24) is 5.32 Å². The second kappa shape index (κ2) is 7.48. The zero-order valence-corrected chi connectivity index (χ0v) is 11.7. The molecule has 1 aromatic rings. The molecule has 0 aliphatic carbocycles. The fraction of sp³-hybridized carbons (Fsp3) is 0.600. The first kappa shape index (κ1) is 14.3. The van der Waals surface area contributed by atoms with E-state index in [2.05, 4.69) is 18.3 Å². The van der Waals surface area contributed by atoms with Gasteiger partial charge in [-0.25, -0.2) is 0 Å². The van der Waals surface area contributed by atoms with Crippen molar-refractivity contribution in [3.63, 3.8) is 0 Å². The monoisotopic (exact) mass is 265 g/mol. The maximum atomic E-state index is 5.65. The van der Waals surface area contributed by atoms with Crippen LogP contribution in [0.3, 0.4) is 0 Å². The van der Waals surface area contributed by atoms with Gasteiger partial charge in [-0.1, -0.05) is 18.2 Å². The Morgan fingerprint density at radius 1 is 1.37 bits per heavy atom. The van der Waals surface area contributed by atoms with Crippen molar-refractivity contribution in [3.05, 3.63) is 29.8 Å². The van der Waals surface area contributed by atoms with Gasteiger partial charge in [-0.15, -0.1) is 0 Å². The molecule has 1 aliphatic heterocycles. The Bertz CT molecular complexity index is 377. The average Bonchev–Trinajstić information content (AvgIpc) is 2.47. The molecule has 106 valence electrons. The molecular formula is C15H23NO3. The third-order valence-corrected chi connectivity index (χ3v) is 3.22. The zero-order chi connectivity index (χ0) is 13.5. The normalized spacial score (nSPS) is 21.1. The number of hydrogen-bond acceptors (Lipinski definition) is 4. The largest absolute Gasteiger partial charge is 0.494 e. The Hall–Kier alpha value is -1.10. The highest BCUT2D eigenvalue weighted by Crippen LogP contribution is 2.24. The third kappa shape index (κ3) is 4.20. The summed E-state index contributed by atoms with van der Waals surface area (Å²) < 4.78 is 16.7. The minimum absolute atomic E-state index is 0.149. The highest BCUT2D eigenvalue weighted by molar-refractivity contribution is 5.35. The van der Waals surface area contributed by atoms with Crippen molar-refractivity contribution in [2.75, 3.05) is 33.0 Å². The maximum absolute atomic E-state index is 5.65. The smallest absolute Gasteiger partial charge is 0.124 e. The summed E-state index contributed by atoms with van der Waals surface area (Å²) in [6.07, 6.45) is 0.149. The molecule has 4 heteroatoms. The van der Waals surface area contributed by atoms with E-state index in [1.165, 1.54) is 5.56 Å². The second-order valence-electron chi connectivity index (χ2n) is 4.67. The standard InChI is InChI=1S/C15H23NO3/c1-3-18-15-7-5-4-6-14(15)12(2)16-10-13-11-17-8-9-19-13/h4-7,12-13,16H,3,8-11H2,1-2H3. The predicted molar refractivity (Wildman–Crippen MR) is 74.6 cm³/mol. The van der Waals surface area contributed by atoms with Crippen LogP contribution in [0.15, 0.2) is 24.3 Å². The van der Waals surface area contributed by atoms with Crippen molar-refractivity contribution in [2.45, 2.75) is 26.0 Å². The minimum atomic E-state index is 0.149. The van der Waals surface area contributed by atoms with Crippen molar-refractivity contribution in [2.24, 2.45) is 0 Å². The van der Waals surface area contributed by atoms with Crippen LogP contribution in [0.2, 0.25) is 0 Å². The quantitative estimate of drug-likeness (QED) is 0.855. The summed E-state index contributed by atoms with van der Waals surface area (Å²) in [5.41, 5.74) is 1.18. The van der Waals surface area contributed by atoms with E-state index in [0.717, 1.165) is 12.3 Å². The highest BCUT2D eigenvalue weighted by Gasteiger charge is 2.16. The van der Waals surface area contributed by atoms with E-state index in [-0.39, 0.29) is 12.1 Å². The molecule has 0 radical (unpaired) electrons. The molecule has 2 unspecified atom stereocenters. The van der Waals surface area contributed by atoms with Crippen molar-refractivity contribution in [1.29, 1.82) is 0 Å². The Labute approximate surface area is 115 Å². The van der Waals surface area contributed by atoms with Gasteiger partial charge in [0, 0.05) is 18.2 Å². The molecule has 1 saturated heterocycles. The van der Waals surface area contributed by atoms with Gasteiger partial charge in [0.05, 0.1) is 32.5 Å². The van der Waals surface area contributed by atoms with Crippen LogP contribution in [0.4, 0.5) is 0 Å². The van der Waals surface area contributed by atoms with E-state index in [4.69, 9.17) is 14.2 Å². The summed E-state index contributed by atoms with van der Waals surface area (Å²) in [7, 11) is 0. The summed E-state index contributed by atoms with van der Waals surface area (Å²) >= 11 is 0. The first-order valence-corrected chi connectivity index (χ1v) is 6.95. The Morgan fingerprint density at radius 2 is 2.21 bits per heavy atom. The third-order valence-electron chi connectivity index (χ3n) is 3.22. The molecule has 2 atom stereocenters. The molecule has 0 aromatic heterocycles. The average molecular weight is 265 g/mol. The van der Waals surface area contributed by atoms with Gasteiger partial charge in [-0.3, -0.25) is 0 Å². The first-order valence-electron chi connectivity index (χ1n) is 6.95. The fourth-order valence-corrected chi connectivity index (χ4v) is 2.20. The van der Waals surface area contributed by atoms with Crippen LogP contribution < -0.4 is 10.1 Å². The number of ether oxygens (including phenoxy) is 3. The van der Waals surface area contributed by atoms with E-state index >= 15 is 0 Å². The van der Waals surface area contributed by atoms with Gasteiger partial charge >= 0.3 is 0 Å². The topological polar surface area (TPSA) is 39.7 Å². The van der Waals surface area contributed by atoms with Crippen LogP contribution >= 0.6 is 0 Å². The van der Waals surface area contributed by atoms with Crippen molar-refractivity contribution >= 4 is 0 Å². The molecule has 1 N–H and O–H groups in total. The first-order chi connectivity index (χ1) is 9.31. The van der Waals surface area contributed by atoms with Crippen LogP contribution in [0.25, 0.3) is 0 Å². The van der Waals surface area contributed by atoms with Gasteiger partial charge in [0.1, 0.15) is 5.75 Å². The minimum Gasteiger partial charge on any atom is -0.494 e. The molecule has 0 bridgehead atoms. The van der Waals surface area contributed by atoms with Gasteiger partial charge in [0.15, 0.2) is 0 Å². The molecule has 1 aliphatic rings. The molecule has 0 spiro atoms. The van der Waals surface area contributed by atoms with Crippen molar-refractivity contribution < 1.29 is 14.2 Å². The molecule has 2 rings (SSSR count). The molecule has 4 nitrogen and oxygen atoms in total. The predicted octanol–water partition coefficient (Wildman–Crippen LogP) is 2.15. The molecule has 1 heterocycles. The van der Waals surface area contributed by atoms with E-state index in [1.54, 1.807) is 0 Å². The Balaban J connectivity index is 1.89. The van der Waals surface area contributed by atoms with Crippen molar-refractivity contribution in [3.8, 4) is 5.75 Å². The molecule has 1 fully saturated rings. The molecule has 0 saturated carbocycles. The van der Waals surface area contributed by atoms with Gasteiger partial charge in [-0.2, -0.15) is 0 Å². The lowest BCUT2D eigenvalue weighted by molar-refractivity contribution is -0.0869. The summed E-state index contributed by atoms with van der Waals surface area (Å²) in [5.74, 6) is 0.950. The van der Waals surface area contributed by atoms with Crippen LogP contribution in [-0.2, 0) is 9.47 Å². The zero-order valence-electron chi connectivity index (χ0n) is 11.7. The van der Waals surface area contributed by atoms with E-state index in [1.807, 2.05) is 25.1 Å². The second-order valence-corrected chi connectivity index (χ2v) is 4.67. The van der Waals surface area contributed by atoms with E-state index < -0.39 is 0 Å². The lowest BCUT2D eigenvalue weighted by Crippen LogP contribution is -2.38. The molecule has 1 aromatic carbocycles. The molecular weight excluding hydrogens is 242 g/mol. The fourth-order valence-electron chi connectivity index (χ4n) is 2.20. The van der Waals surface area contributed by atoms with Crippen LogP contribution in [-0.4, -0.2) is 39.1 Å². The highest BCUT2D eigenvalue weighted by atomic mass is 16.6. The van der Waals surface area contributed by atoms with E-state index in [0.29, 0.717) is 26.4 Å². The van der Waals surface area contributed by atoms with Crippen LogP contribution in [0, 0.1) is 0 Å². The molecule has 19 heavy (non-hydrogen) atoms. The number of para-hydroxylation sites is 1. The van der Waals surface area contributed by atoms with Gasteiger partial charge in [-0.05, 0) is 19.9 Å². The Kier molecular flexibility index (Phi) is 5.63. The van der Waals surface area contributed by atoms with E-state index in [9.17, 15) is 0 Å². The number of nitrogens with one attached hydrogen (secondary N) is 1. The SMILES string of the molecule is CCOc1ccccc1C(C)NCC1COCCO1. The molecule has 0 amide bonds. The number of hydrogen-bond donors (Lipinski definition) is 1. The van der Waals surface area contributed by atoms with Gasteiger partial charge in [0.25, 0.3) is 0 Å². The van der Waals surface area contributed by atoms with Crippen LogP contribution in [0.5, 0.6) is 5.75 Å². The lowest BCUT2D eigenvalue weighted by Gasteiger charge is -2.25. The summed E-state index contributed by atoms with van der Waals surface area (Å²) in [6, 6.07) is 8.38. The number of benzene rings is 1. The lowest BCUT2D eigenvalue weighted by atomic mass is 10.1. The van der Waals surface area contributed by atoms with Gasteiger partial charge < -0.3 is 19.5 Å².